The molecule has 3 aliphatic rings. The Kier molecular flexibility index (Phi) is 4.83. The maximum atomic E-state index is 12.1. The van der Waals surface area contributed by atoms with Crippen molar-refractivity contribution >= 4 is 57.6 Å². The largest absolute Gasteiger partial charge is 0.313 e. The summed E-state index contributed by atoms with van der Waals surface area (Å²) in [4.78, 5) is 29.8. The first kappa shape index (κ1) is 17.0. The summed E-state index contributed by atoms with van der Waals surface area (Å²) in [6.45, 7) is 1.99. The Bertz CT molecular complexity index is 771. The van der Waals surface area contributed by atoms with Gasteiger partial charge in [0.15, 0.2) is 0 Å². The summed E-state index contributed by atoms with van der Waals surface area (Å²) in [7, 11) is 0. The van der Waals surface area contributed by atoms with Gasteiger partial charge in [-0.2, -0.15) is 0 Å². The van der Waals surface area contributed by atoms with Crippen molar-refractivity contribution in [2.45, 2.75) is 31.1 Å². The number of amidine groups is 1. The van der Waals surface area contributed by atoms with Gasteiger partial charge in [-0.1, -0.05) is 17.4 Å². The zero-order valence-corrected chi connectivity index (χ0v) is 16.0. The Morgan fingerprint density at radius 3 is 3.08 bits per heavy atom. The summed E-state index contributed by atoms with van der Waals surface area (Å²) < 4.78 is 0. The molecule has 3 heterocycles. The molecule has 132 valence electrons. The lowest BCUT2D eigenvalue weighted by Gasteiger charge is -2.22. The lowest BCUT2D eigenvalue weighted by Crippen LogP contribution is -2.44. The van der Waals surface area contributed by atoms with Gasteiger partial charge in [-0.05, 0) is 24.7 Å². The number of thioether (sulfide) groups is 2. The van der Waals surface area contributed by atoms with Gasteiger partial charge < -0.3 is 5.32 Å². The van der Waals surface area contributed by atoms with Crippen LogP contribution in [0.4, 0.5) is 5.13 Å². The van der Waals surface area contributed by atoms with Crippen molar-refractivity contribution in [3.63, 3.8) is 0 Å². The number of nitrogens with zero attached hydrogens (tertiary/aromatic N) is 3. The van der Waals surface area contributed by atoms with E-state index in [0.29, 0.717) is 22.6 Å². The summed E-state index contributed by atoms with van der Waals surface area (Å²) in [5.74, 6) is 1.69. The molecule has 2 aliphatic heterocycles. The fourth-order valence-corrected chi connectivity index (χ4v) is 5.37. The fourth-order valence-electron chi connectivity index (χ4n) is 2.61. The molecule has 1 aliphatic carbocycles. The highest BCUT2D eigenvalue weighted by Gasteiger charge is 2.36. The van der Waals surface area contributed by atoms with Crippen molar-refractivity contribution in [2.75, 3.05) is 16.8 Å². The van der Waals surface area contributed by atoms with Crippen LogP contribution in [0.1, 0.15) is 30.7 Å². The number of hydrogen-bond donors (Lipinski definition) is 2. The smallest absolute Gasteiger partial charge is 0.236 e. The molecule has 2 N–H and O–H groups in total. The highest BCUT2D eigenvalue weighted by Crippen LogP contribution is 2.42. The molecule has 1 fully saturated rings. The van der Waals surface area contributed by atoms with E-state index >= 15 is 0 Å². The third kappa shape index (κ3) is 4.06. The second-order valence-electron chi connectivity index (χ2n) is 6.14. The molecule has 1 aromatic heterocycles. The van der Waals surface area contributed by atoms with Gasteiger partial charge in [-0.15, -0.1) is 33.7 Å². The van der Waals surface area contributed by atoms with Crippen LogP contribution in [0.15, 0.2) is 16.0 Å². The van der Waals surface area contributed by atoms with Gasteiger partial charge >= 0.3 is 0 Å². The second-order valence-corrected chi connectivity index (χ2v) is 9.49. The predicted octanol–water partition coefficient (Wildman–Crippen LogP) is 2.21. The number of hydrogen-bond acceptors (Lipinski definition) is 8. The number of allylic oxidation sites excluding steroid dienone is 1. The van der Waals surface area contributed by atoms with Gasteiger partial charge in [0.05, 0.1) is 17.4 Å². The van der Waals surface area contributed by atoms with Crippen molar-refractivity contribution in [3.05, 3.63) is 16.0 Å². The fraction of sp³-hybridized carbons (Fsp3) is 0.533. The van der Waals surface area contributed by atoms with Crippen LogP contribution in [0.2, 0.25) is 0 Å². The number of nitrogens with one attached hydrogen (secondary N) is 2. The van der Waals surface area contributed by atoms with Crippen molar-refractivity contribution in [1.82, 2.24) is 15.5 Å². The molecule has 10 heteroatoms. The monoisotopic (exact) mass is 395 g/mol. The Balaban J connectivity index is 1.24. The van der Waals surface area contributed by atoms with Gasteiger partial charge in [0, 0.05) is 5.92 Å². The van der Waals surface area contributed by atoms with Crippen LogP contribution in [0, 0.1) is 5.92 Å². The number of anilines is 1. The third-order valence-electron chi connectivity index (χ3n) is 3.97. The zero-order chi connectivity index (χ0) is 17.4. The molecule has 0 unspecified atom stereocenters. The molecule has 0 bridgehead atoms. The van der Waals surface area contributed by atoms with E-state index in [9.17, 15) is 9.59 Å². The summed E-state index contributed by atoms with van der Waals surface area (Å²) in [6.07, 6.45) is 4.30. The van der Waals surface area contributed by atoms with E-state index in [0.717, 1.165) is 9.91 Å². The average molecular weight is 396 g/mol. The molecule has 4 rings (SSSR count). The molecule has 0 radical (unpaired) electrons. The molecule has 7 nitrogen and oxygen atoms in total. The number of carbonyl (C=O) groups excluding carboxylic acids is 2. The minimum atomic E-state index is -0.167. The van der Waals surface area contributed by atoms with Crippen LogP contribution in [-0.2, 0) is 9.59 Å². The van der Waals surface area contributed by atoms with E-state index in [-0.39, 0.29) is 28.9 Å². The molecule has 1 saturated carbocycles. The lowest BCUT2D eigenvalue weighted by molar-refractivity contribution is -0.122. The summed E-state index contributed by atoms with van der Waals surface area (Å²) >= 11 is 4.49. The van der Waals surface area contributed by atoms with Crippen LogP contribution in [-0.4, -0.2) is 44.7 Å². The topological polar surface area (TPSA) is 96.3 Å². The maximum Gasteiger partial charge on any atom is 0.236 e. The van der Waals surface area contributed by atoms with Gasteiger partial charge in [0.1, 0.15) is 16.2 Å². The van der Waals surface area contributed by atoms with Gasteiger partial charge in [-0.3, -0.25) is 19.9 Å². The zero-order valence-electron chi connectivity index (χ0n) is 13.5. The number of aliphatic imine (C=N–C) groups is 1. The Hall–Kier alpha value is -1.39. The Morgan fingerprint density at radius 1 is 1.44 bits per heavy atom. The molecule has 2 amide bonds. The van der Waals surface area contributed by atoms with Crippen LogP contribution in [0.5, 0.6) is 0 Å². The van der Waals surface area contributed by atoms with E-state index in [1.165, 1.54) is 35.9 Å². The molecule has 25 heavy (non-hydrogen) atoms. The highest BCUT2D eigenvalue weighted by atomic mass is 32.2. The first-order valence-corrected chi connectivity index (χ1v) is 10.9. The first-order chi connectivity index (χ1) is 12.1. The molecular formula is C15H17N5O2S3. The third-order valence-corrected chi connectivity index (χ3v) is 7.06. The van der Waals surface area contributed by atoms with Gasteiger partial charge in [-0.25, -0.2) is 0 Å². The summed E-state index contributed by atoms with van der Waals surface area (Å²) in [5, 5.41) is 15.2. The summed E-state index contributed by atoms with van der Waals surface area (Å²) in [6, 6.07) is 0. The minimum Gasteiger partial charge on any atom is -0.313 e. The van der Waals surface area contributed by atoms with E-state index in [1.54, 1.807) is 11.8 Å². The molecular weight excluding hydrogens is 378 g/mol. The first-order valence-electron chi connectivity index (χ1n) is 8.02. The number of amides is 2. The Morgan fingerprint density at radius 2 is 2.28 bits per heavy atom. The highest BCUT2D eigenvalue weighted by molar-refractivity contribution is 8.04. The van der Waals surface area contributed by atoms with Gasteiger partial charge in [0.2, 0.25) is 16.9 Å². The van der Waals surface area contributed by atoms with Crippen molar-refractivity contribution in [3.8, 4) is 0 Å². The van der Waals surface area contributed by atoms with Crippen molar-refractivity contribution in [1.29, 1.82) is 0 Å². The van der Waals surface area contributed by atoms with Crippen LogP contribution in [0.3, 0.4) is 0 Å². The van der Waals surface area contributed by atoms with Crippen LogP contribution in [0.25, 0.3) is 0 Å². The number of aromatic nitrogens is 2. The quantitative estimate of drug-likeness (QED) is 0.767. The number of carbonyl (C=O) groups is 2. The molecule has 0 spiro atoms. The van der Waals surface area contributed by atoms with E-state index in [2.05, 4.69) is 25.8 Å². The number of rotatable bonds is 6. The SMILES string of the molecule is CC1=C[C@@H]2C(=O)NC(CSCC(=O)Nc3nnc(C4CC4)s3)=N[C@H]2S1. The molecule has 0 saturated heterocycles. The Labute approximate surface area is 157 Å². The predicted molar refractivity (Wildman–Crippen MR) is 102 cm³/mol. The van der Waals surface area contributed by atoms with Crippen molar-refractivity contribution < 1.29 is 9.59 Å². The van der Waals surface area contributed by atoms with Crippen LogP contribution < -0.4 is 10.6 Å². The molecule has 0 aromatic carbocycles. The van der Waals surface area contributed by atoms with Crippen LogP contribution >= 0.6 is 34.9 Å². The standard InChI is InChI=1S/C15H17N5O2S3/c1-7-4-9-12(22)16-10(17-14(9)24-7)5-23-6-11(21)18-15-20-19-13(25-15)8-2-3-8/h4,8-9,14H,2-3,5-6H2,1H3,(H,16,17,22)(H,18,20,21)/t9-,14+/m1/s1. The minimum absolute atomic E-state index is 0.00846. The maximum absolute atomic E-state index is 12.1. The summed E-state index contributed by atoms with van der Waals surface area (Å²) in [5.41, 5.74) is 0. The van der Waals surface area contributed by atoms with E-state index < -0.39 is 0 Å². The molecule has 1 aromatic rings. The van der Waals surface area contributed by atoms with Crippen molar-refractivity contribution in [2.24, 2.45) is 10.9 Å². The van der Waals surface area contributed by atoms with E-state index in [4.69, 9.17) is 0 Å². The molecule has 2 atom stereocenters. The van der Waals surface area contributed by atoms with E-state index in [1.807, 2.05) is 13.0 Å². The lowest BCUT2D eigenvalue weighted by atomic mass is 10.1. The normalized spacial score (nSPS) is 25.1. The van der Waals surface area contributed by atoms with Gasteiger partial charge in [0.25, 0.3) is 0 Å². The average Bonchev–Trinajstić information content (AvgIpc) is 3.19. The number of fused-ring (bicyclic) bond motifs is 1. The second kappa shape index (κ2) is 7.08.